The minimum absolute atomic E-state index is 0.141. The highest BCUT2D eigenvalue weighted by Gasteiger charge is 2.12. The van der Waals surface area contributed by atoms with Crippen molar-refractivity contribution in [2.75, 3.05) is 6.61 Å². The van der Waals surface area contributed by atoms with Crippen molar-refractivity contribution in [1.82, 2.24) is 5.32 Å². The van der Waals surface area contributed by atoms with E-state index in [-0.39, 0.29) is 12.4 Å². The first kappa shape index (κ1) is 18.0. The maximum absolute atomic E-state index is 13.9. The summed E-state index contributed by atoms with van der Waals surface area (Å²) in [4.78, 5) is 0. The normalized spacial score (nSPS) is 10.7. The Kier molecular flexibility index (Phi) is 6.28. The van der Waals surface area contributed by atoms with Crippen molar-refractivity contribution in [3.63, 3.8) is 0 Å². The Morgan fingerprint density at radius 3 is 2.54 bits per heavy atom. The van der Waals surface area contributed by atoms with Gasteiger partial charge in [0, 0.05) is 17.7 Å². The largest absolute Gasteiger partial charge is 0.490 e. The SMILES string of the molecule is CCOc1cccc(CNCc2ccco2)c1OCc1ccccc1F. The van der Waals surface area contributed by atoms with E-state index < -0.39 is 0 Å². The summed E-state index contributed by atoms with van der Waals surface area (Å²) in [7, 11) is 0. The molecule has 0 atom stereocenters. The molecule has 0 fully saturated rings. The van der Waals surface area contributed by atoms with E-state index in [9.17, 15) is 4.39 Å². The van der Waals surface area contributed by atoms with E-state index >= 15 is 0 Å². The van der Waals surface area contributed by atoms with Crippen LogP contribution in [0.25, 0.3) is 0 Å². The van der Waals surface area contributed by atoms with Gasteiger partial charge in [0.25, 0.3) is 0 Å². The van der Waals surface area contributed by atoms with Gasteiger partial charge in [0.15, 0.2) is 11.5 Å². The zero-order chi connectivity index (χ0) is 18.2. The first-order valence-corrected chi connectivity index (χ1v) is 8.62. The van der Waals surface area contributed by atoms with Crippen molar-refractivity contribution in [3.05, 3.63) is 83.6 Å². The first-order valence-electron chi connectivity index (χ1n) is 8.62. The molecule has 0 radical (unpaired) electrons. The van der Waals surface area contributed by atoms with E-state index in [0.29, 0.717) is 36.8 Å². The lowest BCUT2D eigenvalue weighted by atomic mass is 10.1. The lowest BCUT2D eigenvalue weighted by Gasteiger charge is -2.16. The second-order valence-electron chi connectivity index (χ2n) is 5.74. The summed E-state index contributed by atoms with van der Waals surface area (Å²) in [5, 5.41) is 3.32. The van der Waals surface area contributed by atoms with Gasteiger partial charge in [-0.1, -0.05) is 30.3 Å². The zero-order valence-electron chi connectivity index (χ0n) is 14.7. The molecule has 0 aliphatic heterocycles. The van der Waals surface area contributed by atoms with E-state index in [1.165, 1.54) is 6.07 Å². The Bertz CT molecular complexity index is 818. The molecule has 4 nitrogen and oxygen atoms in total. The number of para-hydroxylation sites is 1. The van der Waals surface area contributed by atoms with Gasteiger partial charge in [-0.05, 0) is 31.2 Å². The average Bonchev–Trinajstić information content (AvgIpc) is 3.16. The fourth-order valence-electron chi connectivity index (χ4n) is 2.63. The van der Waals surface area contributed by atoms with Gasteiger partial charge in [-0.25, -0.2) is 4.39 Å². The Morgan fingerprint density at radius 1 is 0.923 bits per heavy atom. The van der Waals surface area contributed by atoms with Crippen LogP contribution in [0.4, 0.5) is 4.39 Å². The Hall–Kier alpha value is -2.79. The van der Waals surface area contributed by atoms with Crippen molar-refractivity contribution < 1.29 is 18.3 Å². The third-order valence-electron chi connectivity index (χ3n) is 3.88. The number of ether oxygens (including phenoxy) is 2. The summed E-state index contributed by atoms with van der Waals surface area (Å²) in [5.74, 6) is 1.87. The highest BCUT2D eigenvalue weighted by Crippen LogP contribution is 2.32. The minimum atomic E-state index is -0.279. The molecule has 0 aliphatic carbocycles. The molecule has 1 heterocycles. The van der Waals surface area contributed by atoms with Crippen molar-refractivity contribution >= 4 is 0 Å². The molecular weight excluding hydrogens is 333 g/mol. The summed E-state index contributed by atoms with van der Waals surface area (Å²) < 4.78 is 30.8. The van der Waals surface area contributed by atoms with E-state index in [1.54, 1.807) is 24.5 Å². The van der Waals surface area contributed by atoms with Crippen molar-refractivity contribution in [3.8, 4) is 11.5 Å². The number of benzene rings is 2. The van der Waals surface area contributed by atoms with Crippen molar-refractivity contribution in [2.45, 2.75) is 26.6 Å². The molecule has 3 aromatic rings. The minimum Gasteiger partial charge on any atom is -0.490 e. The number of hydrogen-bond acceptors (Lipinski definition) is 4. The molecule has 5 heteroatoms. The number of nitrogens with one attached hydrogen (secondary N) is 1. The summed E-state index contributed by atoms with van der Waals surface area (Å²) >= 11 is 0. The maximum atomic E-state index is 13.9. The average molecular weight is 355 g/mol. The summed E-state index contributed by atoms with van der Waals surface area (Å²) in [5.41, 5.74) is 1.45. The predicted octanol–water partition coefficient (Wildman–Crippen LogP) is 4.69. The van der Waals surface area contributed by atoms with Crippen LogP contribution in [0.2, 0.25) is 0 Å². The van der Waals surface area contributed by atoms with Gasteiger partial charge in [-0.3, -0.25) is 0 Å². The van der Waals surface area contributed by atoms with Crippen LogP contribution in [-0.2, 0) is 19.7 Å². The van der Waals surface area contributed by atoms with Gasteiger partial charge in [0.2, 0.25) is 0 Å². The maximum Gasteiger partial charge on any atom is 0.166 e. The molecule has 0 saturated carbocycles. The molecule has 1 aromatic heterocycles. The standard InChI is InChI=1S/C21H22FNO3/c1-2-24-20-11-5-8-16(13-23-14-18-9-6-12-25-18)21(20)26-15-17-7-3-4-10-19(17)22/h3-12,23H,2,13-15H2,1H3. The smallest absolute Gasteiger partial charge is 0.166 e. The summed E-state index contributed by atoms with van der Waals surface area (Å²) in [6, 6.07) is 16.1. The van der Waals surface area contributed by atoms with Crippen LogP contribution in [-0.4, -0.2) is 6.61 Å². The third-order valence-corrected chi connectivity index (χ3v) is 3.88. The van der Waals surface area contributed by atoms with Crippen LogP contribution in [0.1, 0.15) is 23.8 Å². The van der Waals surface area contributed by atoms with Crippen LogP contribution in [0.15, 0.2) is 65.3 Å². The Balaban J connectivity index is 1.73. The molecule has 0 unspecified atom stereocenters. The number of hydrogen-bond donors (Lipinski definition) is 1. The van der Waals surface area contributed by atoms with Gasteiger partial charge in [-0.2, -0.15) is 0 Å². The molecule has 0 saturated heterocycles. The second kappa shape index (κ2) is 9.06. The van der Waals surface area contributed by atoms with Crippen molar-refractivity contribution in [1.29, 1.82) is 0 Å². The molecule has 0 amide bonds. The van der Waals surface area contributed by atoms with Gasteiger partial charge >= 0.3 is 0 Å². The van der Waals surface area contributed by atoms with E-state index in [1.807, 2.05) is 37.3 Å². The fraction of sp³-hybridized carbons (Fsp3) is 0.238. The summed E-state index contributed by atoms with van der Waals surface area (Å²) in [6.07, 6.45) is 1.65. The molecule has 0 bridgehead atoms. The summed E-state index contributed by atoms with van der Waals surface area (Å²) in [6.45, 7) is 3.77. The molecule has 0 aliphatic rings. The quantitative estimate of drug-likeness (QED) is 0.605. The highest BCUT2D eigenvalue weighted by atomic mass is 19.1. The van der Waals surface area contributed by atoms with E-state index in [0.717, 1.165) is 11.3 Å². The Morgan fingerprint density at radius 2 is 1.77 bits per heavy atom. The van der Waals surface area contributed by atoms with Gasteiger partial charge in [-0.15, -0.1) is 0 Å². The number of furan rings is 1. The van der Waals surface area contributed by atoms with Gasteiger partial charge < -0.3 is 19.2 Å². The van der Waals surface area contributed by atoms with Crippen LogP contribution in [0.5, 0.6) is 11.5 Å². The first-order chi connectivity index (χ1) is 12.8. The highest BCUT2D eigenvalue weighted by molar-refractivity contribution is 5.46. The second-order valence-corrected chi connectivity index (χ2v) is 5.74. The number of halogens is 1. The topological polar surface area (TPSA) is 43.6 Å². The van der Waals surface area contributed by atoms with Crippen LogP contribution < -0.4 is 14.8 Å². The third kappa shape index (κ3) is 4.64. The zero-order valence-corrected chi connectivity index (χ0v) is 14.7. The molecule has 3 rings (SSSR count). The predicted molar refractivity (Wildman–Crippen MR) is 97.6 cm³/mol. The fourth-order valence-corrected chi connectivity index (χ4v) is 2.63. The molecule has 26 heavy (non-hydrogen) atoms. The van der Waals surface area contributed by atoms with Crippen molar-refractivity contribution in [2.24, 2.45) is 0 Å². The lowest BCUT2D eigenvalue weighted by Crippen LogP contribution is -2.14. The van der Waals surface area contributed by atoms with Gasteiger partial charge in [0.05, 0.1) is 19.4 Å². The van der Waals surface area contributed by atoms with Crippen LogP contribution in [0.3, 0.4) is 0 Å². The monoisotopic (exact) mass is 355 g/mol. The lowest BCUT2D eigenvalue weighted by molar-refractivity contribution is 0.262. The molecule has 136 valence electrons. The van der Waals surface area contributed by atoms with Crippen LogP contribution >= 0.6 is 0 Å². The molecule has 2 aromatic carbocycles. The number of rotatable bonds is 9. The van der Waals surface area contributed by atoms with E-state index in [2.05, 4.69) is 5.32 Å². The van der Waals surface area contributed by atoms with E-state index in [4.69, 9.17) is 13.9 Å². The molecule has 0 spiro atoms. The van der Waals surface area contributed by atoms with Gasteiger partial charge in [0.1, 0.15) is 18.2 Å². The molecule has 1 N–H and O–H groups in total. The molecular formula is C21H22FNO3. The Labute approximate surface area is 152 Å². The van der Waals surface area contributed by atoms with Crippen LogP contribution in [0, 0.1) is 5.82 Å².